The highest BCUT2D eigenvalue weighted by Crippen LogP contribution is 2.32. The normalized spacial score (nSPS) is 13.2. The van der Waals surface area contributed by atoms with Gasteiger partial charge in [-0.2, -0.15) is 0 Å². The fourth-order valence-corrected chi connectivity index (χ4v) is 3.45. The second-order valence-corrected chi connectivity index (χ2v) is 5.89. The van der Waals surface area contributed by atoms with Crippen molar-refractivity contribution >= 4 is 12.2 Å². The second-order valence-electron chi connectivity index (χ2n) is 5.89. The van der Waals surface area contributed by atoms with Gasteiger partial charge >= 0.3 is 6.36 Å². The first-order valence-electron chi connectivity index (χ1n) is 7.59. The van der Waals surface area contributed by atoms with E-state index >= 15 is 0 Å². The van der Waals surface area contributed by atoms with Crippen LogP contribution in [0.3, 0.4) is 0 Å². The molecule has 0 unspecified atom stereocenters. The van der Waals surface area contributed by atoms with Gasteiger partial charge in [-0.1, -0.05) is 36.4 Å². The lowest BCUT2D eigenvalue weighted by Crippen LogP contribution is -2.25. The second kappa shape index (κ2) is 4.69. The van der Waals surface area contributed by atoms with Crippen molar-refractivity contribution in [1.82, 2.24) is 10.2 Å². The average Bonchev–Trinajstić information content (AvgIpc) is 3.11. The van der Waals surface area contributed by atoms with E-state index in [-0.39, 0.29) is 0 Å². The Morgan fingerprint density at radius 1 is 0.760 bits per heavy atom. The molecule has 0 spiro atoms. The van der Waals surface area contributed by atoms with E-state index in [0.717, 1.165) is 32.7 Å². The molecule has 0 radical (unpaired) electrons. The number of alkyl halides is 3. The van der Waals surface area contributed by atoms with E-state index in [2.05, 4.69) is 27.1 Å². The van der Waals surface area contributed by atoms with Crippen molar-refractivity contribution in [1.29, 1.82) is 0 Å². The molecule has 0 fully saturated rings. The summed E-state index contributed by atoms with van der Waals surface area (Å²) >= 11 is 0. The molecule has 3 aromatic rings. The lowest BCUT2D eigenvalue weighted by Gasteiger charge is -2.08. The van der Waals surface area contributed by atoms with Gasteiger partial charge in [0.2, 0.25) is 5.88 Å². The molecular weight excluding hydrogens is 329 g/mol. The van der Waals surface area contributed by atoms with Gasteiger partial charge in [-0.15, -0.1) is 23.4 Å². The number of fused-ring (bicyclic) bond motifs is 7. The van der Waals surface area contributed by atoms with Gasteiger partial charge in [0.15, 0.2) is 0 Å². The van der Waals surface area contributed by atoms with Crippen LogP contribution in [0.2, 0.25) is 0 Å². The van der Waals surface area contributed by atoms with E-state index < -0.39 is 12.2 Å². The first kappa shape index (κ1) is 14.2. The van der Waals surface area contributed by atoms with Crippen molar-refractivity contribution < 1.29 is 17.9 Å². The van der Waals surface area contributed by atoms with E-state index in [9.17, 15) is 13.2 Å². The molecule has 25 heavy (non-hydrogen) atoms. The van der Waals surface area contributed by atoms with Gasteiger partial charge in [-0.3, -0.25) is 0 Å². The van der Waals surface area contributed by atoms with Gasteiger partial charge < -0.3 is 4.74 Å². The van der Waals surface area contributed by atoms with Gasteiger partial charge in [0.1, 0.15) is 0 Å². The average molecular weight is 338 g/mol. The zero-order valence-electron chi connectivity index (χ0n) is 12.6. The molecule has 0 atom stereocenters. The minimum atomic E-state index is -4.79. The Morgan fingerprint density at radius 2 is 1.48 bits per heavy atom. The van der Waals surface area contributed by atoms with Gasteiger partial charge in [0.05, 0.1) is 5.69 Å². The van der Waals surface area contributed by atoms with Crippen molar-refractivity contribution in [3.8, 4) is 28.1 Å². The molecule has 2 aliphatic rings. The fraction of sp³-hybridized carbons (Fsp3) is 0.0526. The third kappa shape index (κ3) is 2.14. The summed E-state index contributed by atoms with van der Waals surface area (Å²) in [5.41, 5.74) is 5.36. The van der Waals surface area contributed by atoms with Crippen LogP contribution in [0, 0.1) is 0 Å². The number of hydrogen-bond acceptors (Lipinski definition) is 3. The molecule has 2 aliphatic carbocycles. The Kier molecular flexibility index (Phi) is 2.67. The van der Waals surface area contributed by atoms with Crippen LogP contribution >= 0.6 is 0 Å². The summed E-state index contributed by atoms with van der Waals surface area (Å²) in [6.07, 6.45) is -0.843. The lowest BCUT2D eigenvalue weighted by molar-refractivity contribution is -0.276. The zero-order chi connectivity index (χ0) is 17.2. The van der Waals surface area contributed by atoms with Crippen LogP contribution in [0.15, 0.2) is 42.5 Å². The summed E-state index contributed by atoms with van der Waals surface area (Å²) in [7, 11) is 0. The molecule has 1 aromatic heterocycles. The van der Waals surface area contributed by atoms with Crippen LogP contribution in [0.4, 0.5) is 13.2 Å². The molecule has 3 nitrogen and oxygen atoms in total. The Labute approximate surface area is 139 Å². The quantitative estimate of drug-likeness (QED) is 0.471. The fourth-order valence-electron chi connectivity index (χ4n) is 3.45. The molecule has 2 aromatic carbocycles. The minimum absolute atomic E-state index is 0.544. The molecule has 0 bridgehead atoms. The molecule has 0 amide bonds. The Balaban J connectivity index is 1.70. The van der Waals surface area contributed by atoms with Crippen LogP contribution in [-0.2, 0) is 0 Å². The van der Waals surface area contributed by atoms with E-state index in [0.29, 0.717) is 11.3 Å². The Hall–Kier alpha value is -3.15. The van der Waals surface area contributed by atoms with Crippen molar-refractivity contribution in [2.75, 3.05) is 0 Å². The zero-order valence-corrected chi connectivity index (χ0v) is 12.6. The summed E-state index contributed by atoms with van der Waals surface area (Å²) in [5.74, 6) is -0.555. The Morgan fingerprint density at radius 3 is 2.28 bits per heavy atom. The number of aromatic nitrogens is 2. The standard InChI is InChI=1S/C19H9F3N2O/c20-19(21,22)25-18-9-16-13-6-5-12-11-4-2-1-3-10(11)7-14(12)15(13)8-17(16)23-24-18/h1-9H. The van der Waals surface area contributed by atoms with Crippen LogP contribution < -0.4 is 15.2 Å². The smallest absolute Gasteiger partial charge is 0.386 e. The van der Waals surface area contributed by atoms with Crippen molar-refractivity contribution in [2.45, 2.75) is 6.36 Å². The van der Waals surface area contributed by atoms with Gasteiger partial charge in [-0.25, -0.2) is 0 Å². The monoisotopic (exact) mass is 338 g/mol. The molecule has 0 saturated heterocycles. The number of rotatable bonds is 1. The van der Waals surface area contributed by atoms with E-state index in [1.54, 1.807) is 0 Å². The third-order valence-electron chi connectivity index (χ3n) is 4.43. The molecule has 5 rings (SSSR count). The minimum Gasteiger partial charge on any atom is -0.386 e. The predicted octanol–water partition coefficient (Wildman–Crippen LogP) is 2.99. The highest BCUT2D eigenvalue weighted by Gasteiger charge is 2.32. The van der Waals surface area contributed by atoms with E-state index in [4.69, 9.17) is 0 Å². The summed E-state index contributed by atoms with van der Waals surface area (Å²) in [6.45, 7) is 0. The first-order chi connectivity index (χ1) is 12.0. The number of hydrogen-bond donors (Lipinski definition) is 0. The molecule has 0 saturated carbocycles. The molecule has 0 N–H and O–H groups in total. The lowest BCUT2D eigenvalue weighted by atomic mass is 10.0. The largest absolute Gasteiger partial charge is 0.574 e. The first-order valence-corrected chi connectivity index (χ1v) is 7.59. The van der Waals surface area contributed by atoms with Crippen LogP contribution in [0.1, 0.15) is 11.3 Å². The Bertz CT molecular complexity index is 1170. The summed E-state index contributed by atoms with van der Waals surface area (Å²) in [6, 6.07) is 13.2. The van der Waals surface area contributed by atoms with E-state index in [1.807, 2.05) is 36.4 Å². The maximum Gasteiger partial charge on any atom is 0.574 e. The third-order valence-corrected chi connectivity index (χ3v) is 4.43. The molecular formula is C19H9F3N2O. The SMILES string of the molecule is FC(F)(F)Oc1cc2c(nn1)C=c1c-2ccc2c1=Cc1ccccc1-2. The molecule has 6 heteroatoms. The highest BCUT2D eigenvalue weighted by atomic mass is 19.4. The van der Waals surface area contributed by atoms with Crippen molar-refractivity contribution in [2.24, 2.45) is 0 Å². The van der Waals surface area contributed by atoms with E-state index in [1.165, 1.54) is 6.07 Å². The van der Waals surface area contributed by atoms with Crippen LogP contribution in [-0.4, -0.2) is 16.6 Å². The summed E-state index contributed by atoms with van der Waals surface area (Å²) in [5, 5.41) is 9.40. The maximum absolute atomic E-state index is 12.4. The maximum atomic E-state index is 12.4. The predicted molar refractivity (Wildman–Crippen MR) is 86.0 cm³/mol. The van der Waals surface area contributed by atoms with Gasteiger partial charge in [0, 0.05) is 11.6 Å². The van der Waals surface area contributed by atoms with Crippen LogP contribution in [0.5, 0.6) is 5.88 Å². The number of nitrogens with zero attached hydrogens (tertiary/aromatic N) is 2. The van der Waals surface area contributed by atoms with Gasteiger partial charge in [-0.05, 0) is 44.8 Å². The number of halogens is 3. The molecule has 1 heterocycles. The summed E-state index contributed by atoms with van der Waals surface area (Å²) < 4.78 is 41.1. The van der Waals surface area contributed by atoms with Crippen molar-refractivity contribution in [3.05, 3.63) is 64.2 Å². The number of ether oxygens (including phenoxy) is 1. The topological polar surface area (TPSA) is 35.0 Å². The molecule has 122 valence electrons. The highest BCUT2D eigenvalue weighted by molar-refractivity contribution is 5.89. The van der Waals surface area contributed by atoms with Gasteiger partial charge in [0.25, 0.3) is 0 Å². The van der Waals surface area contributed by atoms with Crippen LogP contribution in [0.25, 0.3) is 34.4 Å². The number of benzene rings is 2. The summed E-state index contributed by atoms with van der Waals surface area (Å²) in [4.78, 5) is 0. The molecule has 0 aliphatic heterocycles. The van der Waals surface area contributed by atoms with Crippen molar-refractivity contribution in [3.63, 3.8) is 0 Å².